The zero-order valence-electron chi connectivity index (χ0n) is 13.8. The molecule has 2 aromatic rings. The Morgan fingerprint density at radius 3 is 2.64 bits per heavy atom. The van der Waals surface area contributed by atoms with E-state index in [2.05, 4.69) is 10.0 Å². The van der Waals surface area contributed by atoms with Gasteiger partial charge in [-0.25, -0.2) is 17.9 Å². The Kier molecular flexibility index (Phi) is 4.78. The molecule has 0 radical (unpaired) electrons. The monoisotopic (exact) mass is 360 g/mol. The van der Waals surface area contributed by atoms with Gasteiger partial charge in [0.2, 0.25) is 10.0 Å². The van der Waals surface area contributed by atoms with Gasteiger partial charge >= 0.3 is 5.97 Å². The fourth-order valence-electron chi connectivity index (χ4n) is 2.50. The molecule has 25 heavy (non-hydrogen) atoms. The highest BCUT2D eigenvalue weighted by Crippen LogP contribution is 2.25. The molecule has 0 amide bonds. The Morgan fingerprint density at radius 2 is 1.96 bits per heavy atom. The first kappa shape index (κ1) is 17.4. The molecular formula is C18H20N2O4S. The van der Waals surface area contributed by atoms with Gasteiger partial charge in [0.05, 0.1) is 10.5 Å². The maximum atomic E-state index is 12.4. The second-order valence-corrected chi connectivity index (χ2v) is 7.92. The molecule has 7 heteroatoms. The van der Waals surface area contributed by atoms with Crippen molar-refractivity contribution in [3.8, 4) is 0 Å². The van der Waals surface area contributed by atoms with Crippen LogP contribution in [0.4, 0.5) is 5.69 Å². The third-order valence-electron chi connectivity index (χ3n) is 4.05. The molecule has 0 heterocycles. The van der Waals surface area contributed by atoms with Crippen LogP contribution in [-0.2, 0) is 16.6 Å². The molecule has 1 saturated carbocycles. The number of carboxylic acid groups (broad SMARTS) is 1. The molecule has 1 aliphatic rings. The molecule has 0 spiro atoms. The smallest absolute Gasteiger partial charge is 0.335 e. The van der Waals surface area contributed by atoms with Gasteiger partial charge in [-0.05, 0) is 55.2 Å². The predicted molar refractivity (Wildman–Crippen MR) is 95.3 cm³/mol. The van der Waals surface area contributed by atoms with Crippen LogP contribution in [0.1, 0.15) is 34.3 Å². The highest BCUT2D eigenvalue weighted by Gasteiger charge is 2.28. The molecule has 1 aliphatic carbocycles. The van der Waals surface area contributed by atoms with E-state index >= 15 is 0 Å². The van der Waals surface area contributed by atoms with Gasteiger partial charge in [0.15, 0.2) is 0 Å². The van der Waals surface area contributed by atoms with Crippen molar-refractivity contribution in [2.75, 3.05) is 5.32 Å². The Hall–Kier alpha value is -2.38. The van der Waals surface area contributed by atoms with E-state index in [9.17, 15) is 13.2 Å². The van der Waals surface area contributed by atoms with Crippen LogP contribution in [0.25, 0.3) is 0 Å². The Bertz CT molecular complexity index is 905. The maximum Gasteiger partial charge on any atom is 0.335 e. The lowest BCUT2D eigenvalue weighted by Crippen LogP contribution is -2.26. The van der Waals surface area contributed by atoms with E-state index in [1.807, 2.05) is 12.1 Å². The Balaban J connectivity index is 1.76. The Labute approximate surface area is 146 Å². The lowest BCUT2D eigenvalue weighted by Gasteiger charge is -2.12. The van der Waals surface area contributed by atoms with Crippen molar-refractivity contribution in [1.82, 2.24) is 4.72 Å². The van der Waals surface area contributed by atoms with Gasteiger partial charge in [-0.15, -0.1) is 0 Å². The first-order valence-electron chi connectivity index (χ1n) is 8.04. The van der Waals surface area contributed by atoms with E-state index in [1.54, 1.807) is 31.2 Å². The minimum absolute atomic E-state index is 0.0553. The second-order valence-electron chi connectivity index (χ2n) is 6.23. The van der Waals surface area contributed by atoms with E-state index in [4.69, 9.17) is 5.11 Å². The van der Waals surface area contributed by atoms with Gasteiger partial charge in [-0.3, -0.25) is 0 Å². The first-order valence-corrected chi connectivity index (χ1v) is 9.52. The van der Waals surface area contributed by atoms with Crippen molar-refractivity contribution in [1.29, 1.82) is 0 Å². The molecule has 0 atom stereocenters. The highest BCUT2D eigenvalue weighted by molar-refractivity contribution is 7.89. The standard InChI is InChI=1S/C18H20N2O4S/c1-12-5-6-16(10-17(12)25(23,24)20-15-7-8-15)19-11-13-3-2-4-14(9-13)18(21)22/h2-6,9-10,15,19-20H,7-8,11H2,1H3,(H,21,22). The van der Waals surface area contributed by atoms with Crippen LogP contribution in [0, 0.1) is 6.92 Å². The summed E-state index contributed by atoms with van der Waals surface area (Å²) in [7, 11) is -3.52. The van der Waals surface area contributed by atoms with E-state index in [-0.39, 0.29) is 16.5 Å². The van der Waals surface area contributed by atoms with Crippen molar-refractivity contribution < 1.29 is 18.3 Å². The van der Waals surface area contributed by atoms with Crippen molar-refractivity contribution >= 4 is 21.7 Å². The fraction of sp³-hybridized carbons (Fsp3) is 0.278. The molecule has 6 nitrogen and oxygen atoms in total. The minimum Gasteiger partial charge on any atom is -0.478 e. The number of aromatic carboxylic acids is 1. The van der Waals surface area contributed by atoms with Crippen LogP contribution in [0.15, 0.2) is 47.4 Å². The number of hydrogen-bond acceptors (Lipinski definition) is 4. The maximum absolute atomic E-state index is 12.4. The average molecular weight is 360 g/mol. The van der Waals surface area contributed by atoms with E-state index in [1.165, 1.54) is 6.07 Å². The summed E-state index contributed by atoms with van der Waals surface area (Å²) in [5.41, 5.74) is 2.38. The lowest BCUT2D eigenvalue weighted by molar-refractivity contribution is 0.0696. The number of anilines is 1. The van der Waals surface area contributed by atoms with E-state index in [0.29, 0.717) is 17.8 Å². The first-order chi connectivity index (χ1) is 11.8. The van der Waals surface area contributed by atoms with Gasteiger partial charge in [0.25, 0.3) is 0 Å². The number of aryl methyl sites for hydroxylation is 1. The summed E-state index contributed by atoms with van der Waals surface area (Å²) in [4.78, 5) is 11.3. The van der Waals surface area contributed by atoms with Crippen molar-refractivity contribution in [2.45, 2.75) is 37.2 Å². The summed E-state index contributed by atoms with van der Waals surface area (Å²) >= 11 is 0. The third-order valence-corrected chi connectivity index (χ3v) is 5.71. The molecule has 132 valence electrons. The highest BCUT2D eigenvalue weighted by atomic mass is 32.2. The van der Waals surface area contributed by atoms with E-state index in [0.717, 1.165) is 18.4 Å². The molecule has 0 aromatic heterocycles. The molecule has 0 unspecified atom stereocenters. The summed E-state index contributed by atoms with van der Waals surface area (Å²) < 4.78 is 27.6. The van der Waals surface area contributed by atoms with Gasteiger partial charge in [-0.1, -0.05) is 18.2 Å². The molecule has 0 aliphatic heterocycles. The lowest BCUT2D eigenvalue weighted by atomic mass is 10.1. The van der Waals surface area contributed by atoms with Crippen LogP contribution in [0.2, 0.25) is 0 Å². The van der Waals surface area contributed by atoms with Crippen molar-refractivity contribution in [3.05, 3.63) is 59.2 Å². The Morgan fingerprint density at radius 1 is 1.20 bits per heavy atom. The number of sulfonamides is 1. The second kappa shape index (κ2) is 6.85. The van der Waals surface area contributed by atoms with Crippen LogP contribution >= 0.6 is 0 Å². The van der Waals surface area contributed by atoms with Crippen LogP contribution in [0.5, 0.6) is 0 Å². The zero-order chi connectivity index (χ0) is 18.0. The van der Waals surface area contributed by atoms with Crippen LogP contribution in [-0.4, -0.2) is 25.5 Å². The zero-order valence-corrected chi connectivity index (χ0v) is 14.6. The SMILES string of the molecule is Cc1ccc(NCc2cccc(C(=O)O)c2)cc1S(=O)(=O)NC1CC1. The van der Waals surface area contributed by atoms with E-state index < -0.39 is 16.0 Å². The molecule has 0 saturated heterocycles. The average Bonchev–Trinajstić information content (AvgIpc) is 3.37. The number of carboxylic acids is 1. The van der Waals surface area contributed by atoms with Gasteiger partial charge < -0.3 is 10.4 Å². The summed E-state index contributed by atoms with van der Waals surface area (Å²) in [6.07, 6.45) is 1.77. The quantitative estimate of drug-likeness (QED) is 0.706. The predicted octanol–water partition coefficient (Wildman–Crippen LogP) is 2.75. The number of benzene rings is 2. The summed E-state index contributed by atoms with van der Waals surface area (Å²) in [5, 5.41) is 12.2. The normalized spacial score (nSPS) is 14.3. The largest absolute Gasteiger partial charge is 0.478 e. The van der Waals surface area contributed by atoms with Crippen LogP contribution in [0.3, 0.4) is 0 Å². The number of hydrogen-bond donors (Lipinski definition) is 3. The summed E-state index contributed by atoms with van der Waals surface area (Å²) in [5.74, 6) is -0.975. The minimum atomic E-state index is -3.52. The van der Waals surface area contributed by atoms with Crippen LogP contribution < -0.4 is 10.0 Å². The molecule has 0 bridgehead atoms. The van der Waals surface area contributed by atoms with Crippen molar-refractivity contribution in [3.63, 3.8) is 0 Å². The topological polar surface area (TPSA) is 95.5 Å². The van der Waals surface area contributed by atoms with Gasteiger partial charge in [0.1, 0.15) is 0 Å². The summed E-state index contributed by atoms with van der Waals surface area (Å²) in [6, 6.07) is 11.9. The third kappa shape index (κ3) is 4.37. The summed E-state index contributed by atoms with van der Waals surface area (Å²) in [6.45, 7) is 2.17. The van der Waals surface area contributed by atoms with Gasteiger partial charge in [-0.2, -0.15) is 0 Å². The van der Waals surface area contributed by atoms with Gasteiger partial charge in [0, 0.05) is 18.3 Å². The molecule has 3 N–H and O–H groups in total. The fourth-order valence-corrected chi connectivity index (χ4v) is 4.08. The number of nitrogens with one attached hydrogen (secondary N) is 2. The molecule has 1 fully saturated rings. The number of carbonyl (C=O) groups is 1. The molecular weight excluding hydrogens is 340 g/mol. The van der Waals surface area contributed by atoms with Crippen molar-refractivity contribution in [2.24, 2.45) is 0 Å². The number of rotatable bonds is 7. The molecule has 3 rings (SSSR count). The molecule has 2 aromatic carbocycles.